The molecule has 206 valence electrons. The molecule has 0 saturated heterocycles. The number of carbonyl (C=O) groups is 1. The van der Waals surface area contributed by atoms with Gasteiger partial charge in [0.05, 0.1) is 29.5 Å². The summed E-state index contributed by atoms with van der Waals surface area (Å²) in [4.78, 5) is 31.5. The molecule has 1 N–H and O–H groups in total. The van der Waals surface area contributed by atoms with Crippen LogP contribution in [0, 0.1) is 25.2 Å². The van der Waals surface area contributed by atoms with E-state index in [0.29, 0.717) is 39.2 Å². The first-order valence-electron chi connectivity index (χ1n) is 12.3. The number of benzene rings is 2. The number of aromatic carboxylic acids is 1. The van der Waals surface area contributed by atoms with Crippen LogP contribution in [0.2, 0.25) is 0 Å². The third-order valence-electron chi connectivity index (χ3n) is 6.58. The molecule has 0 atom stereocenters. The number of aryl methyl sites for hydroxylation is 2. The largest absolute Gasteiger partial charge is 0.543 e. The highest BCUT2D eigenvalue weighted by atomic mass is 19.4. The van der Waals surface area contributed by atoms with Gasteiger partial charge in [-0.25, -0.2) is 0 Å². The summed E-state index contributed by atoms with van der Waals surface area (Å²) >= 11 is 0. The Hall–Kier alpha value is -5.37. The van der Waals surface area contributed by atoms with Crippen molar-refractivity contribution in [3.05, 3.63) is 111 Å². The smallest absolute Gasteiger partial charge is 0.417 e. The zero-order valence-corrected chi connectivity index (χ0v) is 21.7. The molecular formula is C30H20F3N4O4-. The summed E-state index contributed by atoms with van der Waals surface area (Å²) in [5.41, 5.74) is -0.635. The van der Waals surface area contributed by atoms with Gasteiger partial charge < -0.3 is 24.2 Å². The standard InChI is InChI=1S/C30H21F3N4O4/c1-16-3-4-19(17(2)35-16)15-37-27(13-24(30(31,32)33)23(14-34)28(37)38)18-5-7-21(8-6-18)41-22-9-10-25-20(11-22)12-26(36-25)29(39)40/h3-13,36H,15H2,1-2H3,(H,39,40)/p-1. The predicted octanol–water partition coefficient (Wildman–Crippen LogP) is 5.10. The second-order valence-electron chi connectivity index (χ2n) is 9.36. The number of pyridine rings is 2. The van der Waals surface area contributed by atoms with Crippen LogP contribution < -0.4 is 15.4 Å². The van der Waals surface area contributed by atoms with E-state index in [1.165, 1.54) is 36.4 Å². The highest BCUT2D eigenvalue weighted by Gasteiger charge is 2.36. The first-order valence-corrected chi connectivity index (χ1v) is 12.3. The quantitative estimate of drug-likeness (QED) is 0.310. The zero-order valence-electron chi connectivity index (χ0n) is 21.7. The van der Waals surface area contributed by atoms with Crippen LogP contribution in [0.25, 0.3) is 22.2 Å². The van der Waals surface area contributed by atoms with Gasteiger partial charge in [-0.15, -0.1) is 0 Å². The van der Waals surface area contributed by atoms with Gasteiger partial charge in [-0.2, -0.15) is 18.4 Å². The molecule has 0 saturated carbocycles. The minimum Gasteiger partial charge on any atom is -0.543 e. The SMILES string of the molecule is Cc1ccc(Cn2c(-c3ccc(Oc4ccc5[nH]c(C(=O)[O-])cc5c4)cc3)cc(C(F)(F)F)c(C#N)c2=O)c(C)n1. The third-order valence-corrected chi connectivity index (χ3v) is 6.58. The van der Waals surface area contributed by atoms with Crippen molar-refractivity contribution in [2.75, 3.05) is 0 Å². The van der Waals surface area contributed by atoms with Gasteiger partial charge >= 0.3 is 6.18 Å². The number of H-pyrrole nitrogens is 1. The van der Waals surface area contributed by atoms with Gasteiger partial charge in [0.15, 0.2) is 0 Å². The number of carboxylic acids is 1. The summed E-state index contributed by atoms with van der Waals surface area (Å²) in [6.45, 7) is 3.44. The van der Waals surface area contributed by atoms with Crippen LogP contribution in [0.5, 0.6) is 11.5 Å². The molecule has 11 heteroatoms. The van der Waals surface area contributed by atoms with Crippen LogP contribution in [0.3, 0.4) is 0 Å². The molecule has 0 bridgehead atoms. The number of hydrogen-bond donors (Lipinski definition) is 1. The molecule has 5 aromatic rings. The average Bonchev–Trinajstić information content (AvgIpc) is 3.35. The van der Waals surface area contributed by atoms with Gasteiger partial charge in [0.2, 0.25) is 0 Å². The topological polar surface area (TPSA) is 124 Å². The first-order chi connectivity index (χ1) is 19.4. The van der Waals surface area contributed by atoms with E-state index in [0.717, 1.165) is 16.3 Å². The second-order valence-corrected chi connectivity index (χ2v) is 9.36. The van der Waals surface area contributed by atoms with Crippen molar-refractivity contribution in [3.63, 3.8) is 0 Å². The number of carboxylic acid groups (broad SMARTS) is 1. The van der Waals surface area contributed by atoms with E-state index in [1.54, 1.807) is 44.2 Å². The number of alkyl halides is 3. The molecule has 0 aliphatic carbocycles. The van der Waals surface area contributed by atoms with Crippen molar-refractivity contribution in [2.24, 2.45) is 0 Å². The fourth-order valence-corrected chi connectivity index (χ4v) is 4.54. The summed E-state index contributed by atoms with van der Waals surface area (Å²) in [6.07, 6.45) is -4.92. The van der Waals surface area contributed by atoms with Crippen molar-refractivity contribution in [1.29, 1.82) is 5.26 Å². The number of carbonyl (C=O) groups excluding carboxylic acids is 1. The molecule has 5 rings (SSSR count). The van der Waals surface area contributed by atoms with E-state index in [9.17, 15) is 33.1 Å². The monoisotopic (exact) mass is 557 g/mol. The predicted molar refractivity (Wildman–Crippen MR) is 141 cm³/mol. The number of nitriles is 1. The van der Waals surface area contributed by atoms with Crippen molar-refractivity contribution in [3.8, 4) is 28.8 Å². The Morgan fingerprint density at radius 1 is 1.05 bits per heavy atom. The summed E-state index contributed by atoms with van der Waals surface area (Å²) in [5.74, 6) is -0.602. The number of nitrogens with zero attached hydrogens (tertiary/aromatic N) is 3. The molecule has 8 nitrogen and oxygen atoms in total. The minimum atomic E-state index is -4.92. The van der Waals surface area contributed by atoms with Crippen LogP contribution in [0.4, 0.5) is 13.2 Å². The van der Waals surface area contributed by atoms with Crippen molar-refractivity contribution in [2.45, 2.75) is 26.6 Å². The molecule has 0 aliphatic rings. The minimum absolute atomic E-state index is 0.0311. The van der Waals surface area contributed by atoms with Crippen LogP contribution in [-0.4, -0.2) is 20.5 Å². The van der Waals surface area contributed by atoms with Crippen LogP contribution in [-0.2, 0) is 12.7 Å². The van der Waals surface area contributed by atoms with E-state index in [4.69, 9.17) is 4.74 Å². The molecule has 2 aromatic carbocycles. The number of nitrogens with one attached hydrogen (secondary N) is 1. The summed E-state index contributed by atoms with van der Waals surface area (Å²) < 4.78 is 48.6. The lowest BCUT2D eigenvalue weighted by Crippen LogP contribution is -2.29. The highest BCUT2D eigenvalue weighted by molar-refractivity contribution is 5.93. The first kappa shape index (κ1) is 27.2. The molecule has 0 fully saturated rings. The lowest BCUT2D eigenvalue weighted by Gasteiger charge is -2.18. The molecule has 0 amide bonds. The maximum atomic E-state index is 13.9. The van der Waals surface area contributed by atoms with Gasteiger partial charge in [-0.3, -0.25) is 9.78 Å². The van der Waals surface area contributed by atoms with Gasteiger partial charge in [-0.05, 0) is 85.6 Å². The Morgan fingerprint density at radius 2 is 1.76 bits per heavy atom. The Bertz CT molecular complexity index is 1920. The van der Waals surface area contributed by atoms with Crippen LogP contribution in [0.1, 0.15) is 38.6 Å². The fraction of sp³-hybridized carbons (Fsp3) is 0.133. The van der Waals surface area contributed by atoms with Crippen molar-refractivity contribution >= 4 is 16.9 Å². The molecule has 41 heavy (non-hydrogen) atoms. The Kier molecular flexibility index (Phi) is 6.84. The number of halogens is 3. The number of hydrogen-bond acceptors (Lipinski definition) is 6. The number of ether oxygens (including phenoxy) is 1. The molecular weight excluding hydrogens is 537 g/mol. The number of fused-ring (bicyclic) bond motifs is 1. The van der Waals surface area contributed by atoms with E-state index >= 15 is 0 Å². The number of aromatic nitrogens is 3. The van der Waals surface area contributed by atoms with Crippen LogP contribution >= 0.6 is 0 Å². The highest BCUT2D eigenvalue weighted by Crippen LogP contribution is 2.35. The third kappa shape index (κ3) is 5.40. The number of rotatable bonds is 6. The maximum Gasteiger partial charge on any atom is 0.417 e. The molecule has 0 radical (unpaired) electrons. The van der Waals surface area contributed by atoms with Gasteiger partial charge in [-0.1, -0.05) is 6.07 Å². The van der Waals surface area contributed by atoms with Gasteiger partial charge in [0.1, 0.15) is 23.1 Å². The summed E-state index contributed by atoms with van der Waals surface area (Å²) in [7, 11) is 0. The molecule has 0 aliphatic heterocycles. The Balaban J connectivity index is 1.55. The Labute approximate surface area is 230 Å². The second kappa shape index (κ2) is 10.3. The Morgan fingerprint density at radius 3 is 2.39 bits per heavy atom. The number of aromatic amines is 1. The van der Waals surface area contributed by atoms with E-state index in [1.807, 2.05) is 0 Å². The van der Waals surface area contributed by atoms with Crippen molar-refractivity contribution in [1.82, 2.24) is 14.5 Å². The normalized spacial score (nSPS) is 11.4. The average molecular weight is 558 g/mol. The summed E-state index contributed by atoms with van der Waals surface area (Å²) in [5, 5.41) is 21.1. The molecule has 0 spiro atoms. The van der Waals surface area contributed by atoms with Crippen molar-refractivity contribution < 1.29 is 27.8 Å². The molecule has 0 unspecified atom stereocenters. The van der Waals surface area contributed by atoms with Gasteiger partial charge in [0, 0.05) is 22.3 Å². The molecule has 3 heterocycles. The van der Waals surface area contributed by atoms with E-state index < -0.39 is 28.8 Å². The lowest BCUT2D eigenvalue weighted by atomic mass is 10.0. The maximum absolute atomic E-state index is 13.9. The van der Waals surface area contributed by atoms with E-state index in [2.05, 4.69) is 9.97 Å². The zero-order chi connectivity index (χ0) is 29.5. The van der Waals surface area contributed by atoms with Gasteiger partial charge in [0.25, 0.3) is 5.56 Å². The fourth-order valence-electron chi connectivity index (χ4n) is 4.54. The molecule has 3 aromatic heterocycles. The van der Waals surface area contributed by atoms with Crippen LogP contribution in [0.15, 0.2) is 71.5 Å². The summed E-state index contributed by atoms with van der Waals surface area (Å²) in [6, 6.07) is 18.1. The lowest BCUT2D eigenvalue weighted by molar-refractivity contribution is -0.255. The van der Waals surface area contributed by atoms with E-state index in [-0.39, 0.29) is 17.9 Å².